The third kappa shape index (κ3) is 7.83. The van der Waals surface area contributed by atoms with E-state index in [0.717, 1.165) is 50.8 Å². The van der Waals surface area contributed by atoms with E-state index in [1.54, 1.807) is 7.11 Å². The Labute approximate surface area is 221 Å². The van der Waals surface area contributed by atoms with Gasteiger partial charge in [-0.25, -0.2) is 0 Å². The van der Waals surface area contributed by atoms with Crippen LogP contribution in [0.15, 0.2) is 66.0 Å². The number of likely N-dealkylation sites (tertiary alicyclic amines) is 1. The van der Waals surface area contributed by atoms with Gasteiger partial charge in [-0.3, -0.25) is 4.90 Å². The van der Waals surface area contributed by atoms with E-state index in [2.05, 4.69) is 96.6 Å². The molecule has 4 rings (SSSR count). The molecular formula is C31H42N2O2S. The van der Waals surface area contributed by atoms with Crippen molar-refractivity contribution in [3.05, 3.63) is 82.0 Å². The van der Waals surface area contributed by atoms with Gasteiger partial charge in [0, 0.05) is 30.1 Å². The van der Waals surface area contributed by atoms with Crippen molar-refractivity contribution in [1.29, 1.82) is 0 Å². The number of hydrogen-bond acceptors (Lipinski definition) is 5. The summed E-state index contributed by atoms with van der Waals surface area (Å²) in [5.41, 5.74) is 2.43. The maximum atomic E-state index is 6.29. The molecule has 36 heavy (non-hydrogen) atoms. The summed E-state index contributed by atoms with van der Waals surface area (Å²) in [6, 6.07) is 21.4. The predicted octanol–water partition coefficient (Wildman–Crippen LogP) is 7.21. The summed E-state index contributed by atoms with van der Waals surface area (Å²) in [7, 11) is 1.78. The zero-order chi connectivity index (χ0) is 25.4. The Morgan fingerprint density at radius 1 is 0.917 bits per heavy atom. The zero-order valence-electron chi connectivity index (χ0n) is 22.4. The van der Waals surface area contributed by atoms with Crippen molar-refractivity contribution in [3.8, 4) is 11.5 Å². The fourth-order valence-electron chi connectivity index (χ4n) is 5.13. The largest absolute Gasteiger partial charge is 0.496 e. The Morgan fingerprint density at radius 2 is 1.64 bits per heavy atom. The van der Waals surface area contributed by atoms with E-state index in [0.29, 0.717) is 5.92 Å². The van der Waals surface area contributed by atoms with Crippen molar-refractivity contribution in [2.45, 2.75) is 64.6 Å². The molecule has 0 aliphatic carbocycles. The number of rotatable bonds is 11. The molecule has 0 radical (unpaired) electrons. The van der Waals surface area contributed by atoms with Crippen molar-refractivity contribution < 1.29 is 9.47 Å². The Balaban J connectivity index is 1.32. The summed E-state index contributed by atoms with van der Waals surface area (Å²) in [6.45, 7) is 12.8. The number of para-hydroxylation sites is 2. The number of benzene rings is 2. The summed E-state index contributed by atoms with van der Waals surface area (Å²) in [4.78, 5) is 6.64. The average Bonchev–Trinajstić information content (AvgIpc) is 3.38. The smallest absolute Gasteiger partial charge is 0.124 e. The Bertz CT molecular complexity index is 1050. The molecule has 0 saturated carbocycles. The fraction of sp³-hybridized carbons (Fsp3) is 0.484. The molecule has 3 aromatic rings. The minimum absolute atomic E-state index is 0.204. The Hall–Kier alpha value is -2.34. The lowest BCUT2D eigenvalue weighted by Crippen LogP contribution is -2.35. The maximum Gasteiger partial charge on any atom is 0.124 e. The van der Waals surface area contributed by atoms with Gasteiger partial charge in [-0.1, -0.05) is 42.5 Å². The average molecular weight is 507 g/mol. The zero-order valence-corrected chi connectivity index (χ0v) is 23.2. The highest BCUT2D eigenvalue weighted by atomic mass is 32.1. The van der Waals surface area contributed by atoms with E-state index in [-0.39, 0.29) is 5.60 Å². The van der Waals surface area contributed by atoms with Crippen LogP contribution in [0, 0.1) is 0 Å². The van der Waals surface area contributed by atoms with Gasteiger partial charge in [0.1, 0.15) is 17.1 Å². The summed E-state index contributed by atoms with van der Waals surface area (Å²) >= 11 is 1.85. The number of nitrogens with zero attached hydrogens (tertiary/aromatic N) is 2. The summed E-state index contributed by atoms with van der Waals surface area (Å²) in [6.07, 6.45) is 3.58. The van der Waals surface area contributed by atoms with Crippen LogP contribution in [-0.2, 0) is 13.1 Å². The van der Waals surface area contributed by atoms with Gasteiger partial charge in [0.15, 0.2) is 0 Å². The van der Waals surface area contributed by atoms with Crippen molar-refractivity contribution in [2.24, 2.45) is 0 Å². The van der Waals surface area contributed by atoms with Crippen LogP contribution < -0.4 is 9.47 Å². The molecule has 0 bridgehead atoms. The number of ether oxygens (including phenoxy) is 2. The third-order valence-electron chi connectivity index (χ3n) is 6.86. The van der Waals surface area contributed by atoms with Gasteiger partial charge in [0.2, 0.25) is 0 Å². The monoisotopic (exact) mass is 506 g/mol. The second kappa shape index (κ2) is 12.8. The van der Waals surface area contributed by atoms with Crippen LogP contribution in [-0.4, -0.2) is 48.7 Å². The van der Waals surface area contributed by atoms with Crippen LogP contribution in [0.1, 0.15) is 62.0 Å². The van der Waals surface area contributed by atoms with E-state index in [4.69, 9.17) is 9.47 Å². The molecule has 0 atom stereocenters. The van der Waals surface area contributed by atoms with Crippen LogP contribution in [0.5, 0.6) is 11.5 Å². The topological polar surface area (TPSA) is 24.9 Å². The SMILES string of the molecule is COc1ccccc1C1CCN(CCCN(Cc2cccs2)Cc2ccccc2OC(C)(C)C)CC1. The number of hydrogen-bond donors (Lipinski definition) is 0. The van der Waals surface area contributed by atoms with Gasteiger partial charge in [0.05, 0.1) is 7.11 Å². The lowest BCUT2D eigenvalue weighted by Gasteiger charge is -2.33. The van der Waals surface area contributed by atoms with E-state index in [1.165, 1.54) is 35.3 Å². The van der Waals surface area contributed by atoms with Crippen molar-refractivity contribution >= 4 is 11.3 Å². The molecule has 1 aliphatic heterocycles. The maximum absolute atomic E-state index is 6.29. The van der Waals surface area contributed by atoms with Crippen LogP contribution in [0.25, 0.3) is 0 Å². The second-order valence-electron chi connectivity index (χ2n) is 10.8. The molecule has 4 nitrogen and oxygen atoms in total. The van der Waals surface area contributed by atoms with E-state index < -0.39 is 0 Å². The first-order chi connectivity index (χ1) is 17.4. The van der Waals surface area contributed by atoms with Gasteiger partial charge in [-0.15, -0.1) is 11.3 Å². The van der Waals surface area contributed by atoms with E-state index in [1.807, 2.05) is 11.3 Å². The van der Waals surface area contributed by atoms with Crippen LogP contribution >= 0.6 is 11.3 Å². The van der Waals surface area contributed by atoms with Crippen LogP contribution in [0.4, 0.5) is 0 Å². The molecule has 1 saturated heterocycles. The van der Waals surface area contributed by atoms with Gasteiger partial charge in [-0.05, 0) is 94.7 Å². The first-order valence-corrected chi connectivity index (χ1v) is 14.2. The summed E-state index contributed by atoms with van der Waals surface area (Å²) in [5, 5.41) is 2.18. The highest BCUT2D eigenvalue weighted by molar-refractivity contribution is 7.09. The summed E-state index contributed by atoms with van der Waals surface area (Å²) < 4.78 is 11.9. The lowest BCUT2D eigenvalue weighted by atomic mass is 9.89. The Morgan fingerprint density at radius 3 is 2.33 bits per heavy atom. The normalized spacial score (nSPS) is 15.4. The third-order valence-corrected chi connectivity index (χ3v) is 7.72. The first-order valence-electron chi connectivity index (χ1n) is 13.3. The molecule has 0 unspecified atom stereocenters. The van der Waals surface area contributed by atoms with Gasteiger partial charge in [0.25, 0.3) is 0 Å². The molecule has 1 aliphatic rings. The van der Waals surface area contributed by atoms with Crippen molar-refractivity contribution in [3.63, 3.8) is 0 Å². The molecule has 0 amide bonds. The van der Waals surface area contributed by atoms with Gasteiger partial charge in [-0.2, -0.15) is 0 Å². The lowest BCUT2D eigenvalue weighted by molar-refractivity contribution is 0.126. The fourth-order valence-corrected chi connectivity index (χ4v) is 5.88. The second-order valence-corrected chi connectivity index (χ2v) is 11.9. The minimum Gasteiger partial charge on any atom is -0.496 e. The number of methoxy groups -OCH3 is 1. The summed E-state index contributed by atoms with van der Waals surface area (Å²) in [5.74, 6) is 2.64. The molecule has 1 fully saturated rings. The minimum atomic E-state index is -0.204. The van der Waals surface area contributed by atoms with Crippen molar-refractivity contribution in [1.82, 2.24) is 9.80 Å². The van der Waals surface area contributed by atoms with E-state index in [9.17, 15) is 0 Å². The molecule has 2 aromatic carbocycles. The quantitative estimate of drug-likeness (QED) is 0.274. The Kier molecular flexibility index (Phi) is 9.47. The molecule has 1 aromatic heterocycles. The van der Waals surface area contributed by atoms with Crippen molar-refractivity contribution in [2.75, 3.05) is 33.3 Å². The predicted molar refractivity (Wildman–Crippen MR) is 151 cm³/mol. The highest BCUT2D eigenvalue weighted by Gasteiger charge is 2.23. The molecule has 194 valence electrons. The number of piperidine rings is 1. The van der Waals surface area contributed by atoms with Gasteiger partial charge >= 0.3 is 0 Å². The number of thiophene rings is 1. The van der Waals surface area contributed by atoms with Crippen LogP contribution in [0.3, 0.4) is 0 Å². The standard InChI is InChI=1S/C31H42N2O2S/c1-31(2,3)35-29-14-7-5-11-26(29)23-33(24-27-12-9-22-36-27)19-10-18-32-20-16-25(17-21-32)28-13-6-8-15-30(28)34-4/h5-9,11-15,22,25H,10,16-21,23-24H2,1-4H3. The molecule has 5 heteroatoms. The van der Waals surface area contributed by atoms with Gasteiger partial charge < -0.3 is 14.4 Å². The molecule has 0 N–H and O–H groups in total. The molecular weight excluding hydrogens is 464 g/mol. The highest BCUT2D eigenvalue weighted by Crippen LogP contribution is 2.34. The first kappa shape index (κ1) is 26.7. The van der Waals surface area contributed by atoms with E-state index >= 15 is 0 Å². The molecule has 2 heterocycles. The van der Waals surface area contributed by atoms with Crippen LogP contribution in [0.2, 0.25) is 0 Å². The molecule has 0 spiro atoms.